The number of hydrogen-bond acceptors (Lipinski definition) is 5. The van der Waals surface area contributed by atoms with Crippen LogP contribution in [0.2, 0.25) is 0 Å². The van der Waals surface area contributed by atoms with Gasteiger partial charge in [0.25, 0.3) is 0 Å². The van der Waals surface area contributed by atoms with Crippen LogP contribution in [0.1, 0.15) is 0 Å². The first-order valence-corrected chi connectivity index (χ1v) is 9.87. The molecule has 0 spiro atoms. The van der Waals surface area contributed by atoms with E-state index < -0.39 is 0 Å². The van der Waals surface area contributed by atoms with Crippen LogP contribution < -0.4 is 5.32 Å². The van der Waals surface area contributed by atoms with Gasteiger partial charge in [0.1, 0.15) is 17.0 Å². The molecule has 0 bridgehead atoms. The second-order valence-electron chi connectivity index (χ2n) is 6.73. The molecule has 0 aliphatic carbocycles. The highest BCUT2D eigenvalue weighted by atomic mass is 32.1. The molecule has 4 aromatic rings. The number of fused-ring (bicyclic) bond motifs is 1. The summed E-state index contributed by atoms with van der Waals surface area (Å²) in [7, 11) is 4.14. The smallest absolute Gasteiger partial charge is 0.138 e. The minimum atomic E-state index is 0.849. The molecule has 2 heterocycles. The molecule has 0 saturated carbocycles. The number of likely N-dealkylation sites (N-methyl/N-ethyl adjacent to an activating group) is 1. The summed E-state index contributed by atoms with van der Waals surface area (Å²) >= 11 is 1.66. The molecule has 136 valence electrons. The second kappa shape index (κ2) is 7.86. The van der Waals surface area contributed by atoms with Gasteiger partial charge in [0.15, 0.2) is 0 Å². The molecule has 0 aliphatic rings. The first-order chi connectivity index (χ1) is 13.2. The fourth-order valence-electron chi connectivity index (χ4n) is 3.09. The van der Waals surface area contributed by atoms with E-state index in [4.69, 9.17) is 0 Å². The first kappa shape index (κ1) is 17.6. The highest BCUT2D eigenvalue weighted by Crippen LogP contribution is 2.37. The maximum Gasteiger partial charge on any atom is 0.138 e. The number of thiophene rings is 1. The number of benzene rings is 2. The Morgan fingerprint density at radius 1 is 0.889 bits per heavy atom. The standard InChI is InChI=1S/C22H22N4S/c1-26(2)13-12-23-21-20-19(14-27-22(20)25-15-24-21)18-10-8-17(9-11-18)16-6-4-3-5-7-16/h3-11,14-15H,12-13H2,1-2H3,(H,23,24,25). The van der Waals surface area contributed by atoms with Gasteiger partial charge in [-0.3, -0.25) is 0 Å². The Morgan fingerprint density at radius 3 is 2.33 bits per heavy atom. The lowest BCUT2D eigenvalue weighted by molar-refractivity contribution is 0.425. The molecule has 0 unspecified atom stereocenters. The Labute approximate surface area is 163 Å². The SMILES string of the molecule is CN(C)CCNc1ncnc2scc(-c3ccc(-c4ccccc4)cc3)c12. The van der Waals surface area contributed by atoms with Crippen molar-refractivity contribution in [2.45, 2.75) is 0 Å². The van der Waals surface area contributed by atoms with Crippen molar-refractivity contribution in [2.24, 2.45) is 0 Å². The molecule has 0 amide bonds. The van der Waals surface area contributed by atoms with Crippen LogP contribution in [0.25, 0.3) is 32.5 Å². The second-order valence-corrected chi connectivity index (χ2v) is 7.58. The maximum atomic E-state index is 4.49. The highest BCUT2D eigenvalue weighted by molar-refractivity contribution is 7.17. The Kier molecular flexibility index (Phi) is 5.14. The minimum absolute atomic E-state index is 0.849. The lowest BCUT2D eigenvalue weighted by Gasteiger charge is -2.12. The molecule has 0 radical (unpaired) electrons. The third-order valence-corrected chi connectivity index (χ3v) is 5.41. The van der Waals surface area contributed by atoms with Crippen molar-refractivity contribution in [3.8, 4) is 22.3 Å². The van der Waals surface area contributed by atoms with Crippen LogP contribution in [0.5, 0.6) is 0 Å². The van der Waals surface area contributed by atoms with Crippen molar-refractivity contribution in [1.29, 1.82) is 0 Å². The van der Waals surface area contributed by atoms with Crippen LogP contribution in [0.4, 0.5) is 5.82 Å². The molecule has 0 atom stereocenters. The summed E-state index contributed by atoms with van der Waals surface area (Å²) in [5.41, 5.74) is 4.82. The Balaban J connectivity index is 1.67. The van der Waals surface area contributed by atoms with Crippen molar-refractivity contribution < 1.29 is 0 Å². The van der Waals surface area contributed by atoms with Crippen LogP contribution in [-0.4, -0.2) is 42.1 Å². The number of hydrogen-bond donors (Lipinski definition) is 1. The summed E-state index contributed by atoms with van der Waals surface area (Å²) < 4.78 is 0. The van der Waals surface area contributed by atoms with E-state index in [0.29, 0.717) is 0 Å². The summed E-state index contributed by atoms with van der Waals surface area (Å²) in [6, 6.07) is 19.2. The van der Waals surface area contributed by atoms with E-state index in [0.717, 1.165) is 29.1 Å². The number of rotatable bonds is 6. The van der Waals surface area contributed by atoms with Gasteiger partial charge in [-0.25, -0.2) is 9.97 Å². The van der Waals surface area contributed by atoms with E-state index in [1.54, 1.807) is 17.7 Å². The third-order valence-electron chi connectivity index (χ3n) is 4.52. The average Bonchev–Trinajstić information content (AvgIpc) is 3.14. The van der Waals surface area contributed by atoms with Crippen LogP contribution in [0.3, 0.4) is 0 Å². The molecular formula is C22H22N4S. The van der Waals surface area contributed by atoms with E-state index >= 15 is 0 Å². The summed E-state index contributed by atoms with van der Waals surface area (Å²) in [6.45, 7) is 1.80. The molecule has 0 saturated heterocycles. The number of aromatic nitrogens is 2. The van der Waals surface area contributed by atoms with Gasteiger partial charge in [0.2, 0.25) is 0 Å². The van der Waals surface area contributed by atoms with Gasteiger partial charge in [0, 0.05) is 24.0 Å². The summed E-state index contributed by atoms with van der Waals surface area (Å²) in [4.78, 5) is 12.1. The maximum absolute atomic E-state index is 4.49. The van der Waals surface area contributed by atoms with E-state index in [-0.39, 0.29) is 0 Å². The minimum Gasteiger partial charge on any atom is -0.368 e. The molecule has 5 heteroatoms. The van der Waals surface area contributed by atoms with Gasteiger partial charge >= 0.3 is 0 Å². The van der Waals surface area contributed by atoms with E-state index in [9.17, 15) is 0 Å². The Bertz CT molecular complexity index is 1020. The quantitative estimate of drug-likeness (QED) is 0.516. The number of anilines is 1. The largest absolute Gasteiger partial charge is 0.368 e. The van der Waals surface area contributed by atoms with Gasteiger partial charge in [-0.15, -0.1) is 11.3 Å². The fourth-order valence-corrected chi connectivity index (χ4v) is 4.01. The molecule has 2 aromatic carbocycles. The lowest BCUT2D eigenvalue weighted by Crippen LogP contribution is -2.21. The summed E-state index contributed by atoms with van der Waals surface area (Å²) in [5.74, 6) is 0.908. The molecule has 0 fully saturated rings. The topological polar surface area (TPSA) is 41.0 Å². The highest BCUT2D eigenvalue weighted by Gasteiger charge is 2.13. The molecule has 4 nitrogen and oxygen atoms in total. The Morgan fingerprint density at radius 2 is 1.59 bits per heavy atom. The average molecular weight is 375 g/mol. The van der Waals surface area contributed by atoms with Gasteiger partial charge in [-0.2, -0.15) is 0 Å². The van der Waals surface area contributed by atoms with Crippen LogP contribution in [0, 0.1) is 0 Å². The van der Waals surface area contributed by atoms with E-state index in [2.05, 4.69) is 88.2 Å². The van der Waals surface area contributed by atoms with E-state index in [1.807, 2.05) is 6.07 Å². The van der Waals surface area contributed by atoms with Crippen molar-refractivity contribution in [3.63, 3.8) is 0 Å². The molecule has 1 N–H and O–H groups in total. The zero-order valence-electron chi connectivity index (χ0n) is 15.5. The fraction of sp³-hybridized carbons (Fsp3) is 0.182. The third kappa shape index (κ3) is 3.84. The Hall–Kier alpha value is -2.76. The predicted octanol–water partition coefficient (Wildman–Crippen LogP) is 5.00. The summed E-state index contributed by atoms with van der Waals surface area (Å²) in [6.07, 6.45) is 1.64. The van der Waals surface area contributed by atoms with Gasteiger partial charge in [-0.05, 0) is 30.8 Å². The predicted molar refractivity (Wildman–Crippen MR) is 115 cm³/mol. The van der Waals surface area contributed by atoms with Gasteiger partial charge in [-0.1, -0.05) is 54.6 Å². The number of nitrogens with zero attached hydrogens (tertiary/aromatic N) is 3. The normalized spacial score (nSPS) is 11.2. The lowest BCUT2D eigenvalue weighted by atomic mass is 10.0. The zero-order chi connectivity index (χ0) is 18.6. The zero-order valence-corrected chi connectivity index (χ0v) is 16.3. The van der Waals surface area contributed by atoms with Crippen LogP contribution in [-0.2, 0) is 0 Å². The van der Waals surface area contributed by atoms with Crippen molar-refractivity contribution >= 4 is 27.4 Å². The van der Waals surface area contributed by atoms with Crippen molar-refractivity contribution in [2.75, 3.05) is 32.5 Å². The molecule has 0 aliphatic heterocycles. The first-order valence-electron chi connectivity index (χ1n) is 8.99. The molecular weight excluding hydrogens is 352 g/mol. The molecule has 4 rings (SSSR count). The molecule has 2 aromatic heterocycles. The van der Waals surface area contributed by atoms with Crippen molar-refractivity contribution in [1.82, 2.24) is 14.9 Å². The van der Waals surface area contributed by atoms with Crippen LogP contribution in [0.15, 0.2) is 66.3 Å². The van der Waals surface area contributed by atoms with Crippen molar-refractivity contribution in [3.05, 3.63) is 66.3 Å². The monoisotopic (exact) mass is 374 g/mol. The van der Waals surface area contributed by atoms with Gasteiger partial charge < -0.3 is 10.2 Å². The summed E-state index contributed by atoms with van der Waals surface area (Å²) in [5, 5.41) is 6.75. The number of nitrogens with one attached hydrogen (secondary N) is 1. The van der Waals surface area contributed by atoms with Crippen LogP contribution >= 0.6 is 11.3 Å². The van der Waals surface area contributed by atoms with E-state index in [1.165, 1.54) is 22.3 Å². The van der Waals surface area contributed by atoms with Gasteiger partial charge in [0.05, 0.1) is 5.39 Å². The molecule has 27 heavy (non-hydrogen) atoms.